The third kappa shape index (κ3) is 4.38. The van der Waals surface area contributed by atoms with Crippen LogP contribution in [0.25, 0.3) is 0 Å². The largest absolute Gasteiger partial charge is 0.445 e. The summed E-state index contributed by atoms with van der Waals surface area (Å²) in [6.45, 7) is 4.83. The molecule has 4 heterocycles. The average molecular weight is 438 g/mol. The third-order valence-corrected chi connectivity index (χ3v) is 6.35. The molecule has 3 aliphatic heterocycles. The van der Waals surface area contributed by atoms with Gasteiger partial charge < -0.3 is 24.6 Å². The molecule has 1 aromatic heterocycles. The van der Waals surface area contributed by atoms with Crippen molar-refractivity contribution < 1.29 is 19.1 Å². The number of piperidine rings is 1. The number of aromatic nitrogens is 2. The Morgan fingerprint density at radius 3 is 2.41 bits per heavy atom. The van der Waals surface area contributed by atoms with E-state index in [0.717, 1.165) is 31.9 Å². The number of rotatable bonds is 5. The molecule has 2 amide bonds. The van der Waals surface area contributed by atoms with Gasteiger partial charge in [0.25, 0.3) is 5.91 Å². The van der Waals surface area contributed by atoms with Crippen molar-refractivity contribution in [3.05, 3.63) is 53.9 Å². The van der Waals surface area contributed by atoms with Crippen LogP contribution in [0.1, 0.15) is 28.8 Å². The predicted molar refractivity (Wildman–Crippen MR) is 116 cm³/mol. The normalized spacial score (nSPS) is 19.8. The lowest BCUT2D eigenvalue weighted by Gasteiger charge is -2.54. The maximum absolute atomic E-state index is 12.8. The Labute approximate surface area is 186 Å². The van der Waals surface area contributed by atoms with Crippen molar-refractivity contribution in [2.45, 2.75) is 25.5 Å². The van der Waals surface area contributed by atoms with E-state index in [1.807, 2.05) is 30.3 Å². The first-order valence-electron chi connectivity index (χ1n) is 11.0. The fourth-order valence-corrected chi connectivity index (χ4v) is 4.41. The molecule has 3 fully saturated rings. The molecule has 1 aromatic carbocycles. The van der Waals surface area contributed by atoms with Crippen LogP contribution in [0.2, 0.25) is 0 Å². The molecule has 3 saturated heterocycles. The summed E-state index contributed by atoms with van der Waals surface area (Å²) in [6, 6.07) is 9.56. The lowest BCUT2D eigenvalue weighted by molar-refractivity contribution is -0.127. The van der Waals surface area contributed by atoms with Gasteiger partial charge in [-0.2, -0.15) is 0 Å². The van der Waals surface area contributed by atoms with Gasteiger partial charge in [-0.15, -0.1) is 0 Å². The fourth-order valence-electron chi connectivity index (χ4n) is 4.41. The van der Waals surface area contributed by atoms with Gasteiger partial charge >= 0.3 is 6.09 Å². The molecule has 168 valence electrons. The van der Waals surface area contributed by atoms with E-state index in [4.69, 9.17) is 9.47 Å². The molecule has 0 atom stereocenters. The number of likely N-dealkylation sites (tertiary alicyclic amines) is 1. The van der Waals surface area contributed by atoms with Gasteiger partial charge in [-0.1, -0.05) is 30.3 Å². The number of hydrogen-bond acceptors (Lipinski definition) is 7. The molecule has 9 heteroatoms. The zero-order chi connectivity index (χ0) is 22.0. The number of alkyl carbamates (subject to hydrolysis) is 1. The number of carbonyl (C=O) groups excluding carboxylic acids is 2. The Morgan fingerprint density at radius 1 is 1.09 bits per heavy atom. The number of anilines is 1. The first-order valence-corrected chi connectivity index (χ1v) is 11.0. The standard InChI is InChI=1S/C23H27N5O4/c29-20(18-10-24-21(25-11-18)28-13-23(14-28)15-31-16-23)27-8-6-19(7-9-27)26-22(30)32-12-17-4-2-1-3-5-17/h1-5,10-11,19H,6-9,12-16H2,(H,26,30). The first kappa shape index (κ1) is 20.7. The number of benzene rings is 1. The summed E-state index contributed by atoms with van der Waals surface area (Å²) < 4.78 is 10.6. The van der Waals surface area contributed by atoms with Crippen molar-refractivity contribution in [2.24, 2.45) is 5.41 Å². The molecule has 9 nitrogen and oxygen atoms in total. The molecule has 0 bridgehead atoms. The minimum absolute atomic E-state index is 0.00447. The Kier molecular flexibility index (Phi) is 5.65. The van der Waals surface area contributed by atoms with Gasteiger partial charge in [0.05, 0.1) is 24.2 Å². The molecule has 3 aliphatic rings. The molecule has 1 N–H and O–H groups in total. The quantitative estimate of drug-likeness (QED) is 0.762. The highest BCUT2D eigenvalue weighted by Crippen LogP contribution is 2.38. The Hall–Kier alpha value is -3.20. The van der Waals surface area contributed by atoms with E-state index >= 15 is 0 Å². The van der Waals surface area contributed by atoms with E-state index in [0.29, 0.717) is 42.9 Å². The van der Waals surface area contributed by atoms with E-state index in [1.54, 1.807) is 17.3 Å². The molecule has 0 radical (unpaired) electrons. The van der Waals surface area contributed by atoms with Gasteiger partial charge in [-0.25, -0.2) is 14.8 Å². The van der Waals surface area contributed by atoms with Crippen molar-refractivity contribution >= 4 is 17.9 Å². The predicted octanol–water partition coefficient (Wildman–Crippen LogP) is 1.84. The number of ether oxygens (including phenoxy) is 2. The molecule has 1 spiro atoms. The highest BCUT2D eigenvalue weighted by atomic mass is 16.5. The first-order chi connectivity index (χ1) is 15.6. The number of nitrogens with zero attached hydrogens (tertiary/aromatic N) is 4. The maximum Gasteiger partial charge on any atom is 0.407 e. The van der Waals surface area contributed by atoms with Gasteiger partial charge in [0, 0.05) is 44.6 Å². The molecule has 32 heavy (non-hydrogen) atoms. The van der Waals surface area contributed by atoms with Gasteiger partial charge in [-0.3, -0.25) is 4.79 Å². The zero-order valence-corrected chi connectivity index (χ0v) is 17.9. The second-order valence-corrected chi connectivity index (χ2v) is 8.89. The molecule has 0 aliphatic carbocycles. The topological polar surface area (TPSA) is 96.9 Å². The van der Waals surface area contributed by atoms with E-state index in [9.17, 15) is 9.59 Å². The average Bonchev–Trinajstić information content (AvgIpc) is 2.77. The van der Waals surface area contributed by atoms with Crippen molar-refractivity contribution in [1.29, 1.82) is 0 Å². The van der Waals surface area contributed by atoms with Crippen LogP contribution in [0.3, 0.4) is 0 Å². The monoisotopic (exact) mass is 437 g/mol. The number of nitrogens with one attached hydrogen (secondary N) is 1. The highest BCUT2D eigenvalue weighted by Gasteiger charge is 2.49. The fraction of sp³-hybridized carbons (Fsp3) is 0.478. The minimum Gasteiger partial charge on any atom is -0.445 e. The van der Waals surface area contributed by atoms with Crippen LogP contribution in [0.5, 0.6) is 0 Å². The second-order valence-electron chi connectivity index (χ2n) is 8.89. The van der Waals surface area contributed by atoms with Gasteiger partial charge in [0.2, 0.25) is 5.95 Å². The number of amides is 2. The summed E-state index contributed by atoms with van der Waals surface area (Å²) in [7, 11) is 0. The SMILES string of the molecule is O=C(NC1CCN(C(=O)c2cnc(N3CC4(COC4)C3)nc2)CC1)OCc1ccccc1. The van der Waals surface area contributed by atoms with Crippen LogP contribution >= 0.6 is 0 Å². The Morgan fingerprint density at radius 2 is 1.78 bits per heavy atom. The summed E-state index contributed by atoms with van der Waals surface area (Å²) in [5.74, 6) is 0.588. The van der Waals surface area contributed by atoms with Crippen molar-refractivity contribution in [3.63, 3.8) is 0 Å². The Balaban J connectivity index is 1.06. The van der Waals surface area contributed by atoms with Gasteiger partial charge in [0.1, 0.15) is 6.61 Å². The van der Waals surface area contributed by atoms with Crippen LogP contribution in [0.4, 0.5) is 10.7 Å². The third-order valence-electron chi connectivity index (χ3n) is 6.35. The van der Waals surface area contributed by atoms with E-state index in [1.165, 1.54) is 0 Å². The molecule has 0 unspecified atom stereocenters. The summed E-state index contributed by atoms with van der Waals surface area (Å²) in [4.78, 5) is 37.6. The molecular formula is C23H27N5O4. The number of hydrogen-bond donors (Lipinski definition) is 1. The highest BCUT2D eigenvalue weighted by molar-refractivity contribution is 5.93. The Bertz CT molecular complexity index is 948. The minimum atomic E-state index is -0.427. The van der Waals surface area contributed by atoms with E-state index < -0.39 is 6.09 Å². The molecule has 0 saturated carbocycles. The van der Waals surface area contributed by atoms with Crippen molar-refractivity contribution in [1.82, 2.24) is 20.2 Å². The summed E-state index contributed by atoms with van der Waals surface area (Å²) in [5, 5.41) is 2.90. The van der Waals surface area contributed by atoms with E-state index in [2.05, 4.69) is 20.2 Å². The molecule has 2 aromatic rings. The molecular weight excluding hydrogens is 410 g/mol. The zero-order valence-electron chi connectivity index (χ0n) is 17.9. The maximum atomic E-state index is 12.8. The smallest absolute Gasteiger partial charge is 0.407 e. The number of carbonyl (C=O) groups is 2. The van der Waals surface area contributed by atoms with Crippen LogP contribution in [-0.2, 0) is 16.1 Å². The summed E-state index contributed by atoms with van der Waals surface area (Å²) in [6.07, 6.45) is 4.16. The molecule has 5 rings (SSSR count). The van der Waals surface area contributed by atoms with Crippen LogP contribution in [-0.4, -0.2) is 72.3 Å². The van der Waals surface area contributed by atoms with Crippen LogP contribution < -0.4 is 10.2 Å². The summed E-state index contributed by atoms with van der Waals surface area (Å²) in [5.41, 5.74) is 1.73. The lowest BCUT2D eigenvalue weighted by atomic mass is 9.78. The van der Waals surface area contributed by atoms with E-state index in [-0.39, 0.29) is 18.6 Å². The van der Waals surface area contributed by atoms with Gasteiger partial charge in [0.15, 0.2) is 0 Å². The summed E-state index contributed by atoms with van der Waals surface area (Å²) >= 11 is 0. The van der Waals surface area contributed by atoms with Crippen molar-refractivity contribution in [2.75, 3.05) is 44.3 Å². The van der Waals surface area contributed by atoms with Gasteiger partial charge in [-0.05, 0) is 18.4 Å². The van der Waals surface area contributed by atoms with Crippen LogP contribution in [0, 0.1) is 5.41 Å². The van der Waals surface area contributed by atoms with Crippen molar-refractivity contribution in [3.8, 4) is 0 Å². The second kappa shape index (κ2) is 8.74. The lowest BCUT2D eigenvalue weighted by Crippen LogP contribution is -2.66. The van der Waals surface area contributed by atoms with Crippen LogP contribution in [0.15, 0.2) is 42.7 Å².